The molecule has 10 heteroatoms. The van der Waals surface area contributed by atoms with Gasteiger partial charge in [-0.3, -0.25) is 9.78 Å². The lowest BCUT2D eigenvalue weighted by molar-refractivity contribution is -0.0435. The smallest absolute Gasteiger partial charge is 0.261 e. The van der Waals surface area contributed by atoms with Crippen molar-refractivity contribution in [3.63, 3.8) is 0 Å². The largest absolute Gasteiger partial charge is 0.394 e. The van der Waals surface area contributed by atoms with Crippen molar-refractivity contribution in [2.75, 3.05) is 12.3 Å². The molecule has 0 saturated carbocycles. The van der Waals surface area contributed by atoms with Gasteiger partial charge in [-0.2, -0.15) is 4.98 Å². The van der Waals surface area contributed by atoms with E-state index in [-0.39, 0.29) is 17.0 Å². The highest BCUT2D eigenvalue weighted by molar-refractivity contribution is 6.32. The Morgan fingerprint density at radius 2 is 2.35 bits per heavy atom. The molecule has 1 aliphatic rings. The predicted octanol–water partition coefficient (Wildman–Crippen LogP) is -0.265. The SMILES string of the molecule is Nc1nc2c(ccn2[C@@H]2O[C@H](CO)C(O)C2(Cl)C#CCl)c(=O)[nH]1. The Kier molecular flexibility index (Phi) is 4.00. The van der Waals surface area contributed by atoms with Crippen LogP contribution in [0.5, 0.6) is 0 Å². The standard InChI is InChI=1S/C13H12Cl2N4O4/c14-3-2-13(15)8(21)7(5-20)23-11(13)19-4-1-6-9(19)17-12(16)18-10(6)22/h1,4,7-8,11,20-21H,5H2,(H3,16,17,18,22)/t7-,8?,11-,13?/m1/s1. The second-order valence-corrected chi connectivity index (χ2v) is 5.87. The third-order valence-corrected chi connectivity index (χ3v) is 4.32. The zero-order chi connectivity index (χ0) is 16.8. The van der Waals surface area contributed by atoms with Crippen molar-refractivity contribution < 1.29 is 14.9 Å². The van der Waals surface area contributed by atoms with E-state index in [2.05, 4.69) is 21.3 Å². The molecule has 122 valence electrons. The molecule has 0 aliphatic carbocycles. The number of H-pyrrole nitrogens is 1. The van der Waals surface area contributed by atoms with Crippen molar-refractivity contribution in [2.24, 2.45) is 0 Å². The number of aromatic nitrogens is 3. The van der Waals surface area contributed by atoms with Crippen molar-refractivity contribution >= 4 is 40.2 Å². The van der Waals surface area contributed by atoms with Gasteiger partial charge in [-0.05, 0) is 17.7 Å². The number of hydrogen-bond acceptors (Lipinski definition) is 6. The molecule has 5 N–H and O–H groups in total. The van der Waals surface area contributed by atoms with Crippen LogP contribution >= 0.6 is 23.2 Å². The Hall–Kier alpha value is -1.76. The van der Waals surface area contributed by atoms with Gasteiger partial charge < -0.3 is 25.3 Å². The number of aliphatic hydroxyl groups is 2. The quantitative estimate of drug-likeness (QED) is 0.432. The highest BCUT2D eigenvalue weighted by Gasteiger charge is 2.55. The summed E-state index contributed by atoms with van der Waals surface area (Å²) >= 11 is 11.9. The number of ether oxygens (including phenoxy) is 1. The molecule has 1 aliphatic heterocycles. The number of anilines is 1. The van der Waals surface area contributed by atoms with Gasteiger partial charge in [0.15, 0.2) is 16.7 Å². The van der Waals surface area contributed by atoms with E-state index in [0.29, 0.717) is 0 Å². The number of nitrogens with zero attached hydrogens (tertiary/aromatic N) is 2. The topological polar surface area (TPSA) is 126 Å². The molecule has 0 bridgehead atoms. The van der Waals surface area contributed by atoms with Gasteiger partial charge in [0.2, 0.25) is 5.95 Å². The average Bonchev–Trinajstić information content (AvgIpc) is 3.01. The zero-order valence-electron chi connectivity index (χ0n) is 11.5. The summed E-state index contributed by atoms with van der Waals surface area (Å²) in [5, 5.41) is 22.0. The fourth-order valence-electron chi connectivity index (χ4n) is 2.62. The third-order valence-electron chi connectivity index (χ3n) is 3.72. The lowest BCUT2D eigenvalue weighted by atomic mass is 9.99. The minimum atomic E-state index is -1.62. The van der Waals surface area contributed by atoms with Crippen LogP contribution in [0, 0.1) is 11.3 Å². The Morgan fingerprint density at radius 3 is 3.00 bits per heavy atom. The number of nitrogen functional groups attached to an aromatic ring is 1. The van der Waals surface area contributed by atoms with Crippen LogP contribution in [0.4, 0.5) is 5.95 Å². The minimum absolute atomic E-state index is 0.0803. The Balaban J connectivity index is 2.20. The van der Waals surface area contributed by atoms with Crippen molar-refractivity contribution in [3.05, 3.63) is 22.6 Å². The number of hydrogen-bond donors (Lipinski definition) is 4. The molecule has 0 radical (unpaired) electrons. The van der Waals surface area contributed by atoms with E-state index in [1.54, 1.807) is 0 Å². The summed E-state index contributed by atoms with van der Waals surface area (Å²) in [6, 6.07) is 1.51. The van der Waals surface area contributed by atoms with Crippen LogP contribution in [-0.2, 0) is 4.74 Å². The maximum absolute atomic E-state index is 11.9. The molecule has 0 amide bonds. The number of halogens is 2. The molecule has 4 atom stereocenters. The number of alkyl halides is 1. The first-order valence-corrected chi connectivity index (χ1v) is 7.30. The first kappa shape index (κ1) is 16.1. The van der Waals surface area contributed by atoms with E-state index < -0.39 is 35.5 Å². The number of nitrogens with two attached hydrogens (primary N) is 1. The molecule has 3 heterocycles. The summed E-state index contributed by atoms with van der Waals surface area (Å²) in [6.45, 7) is -0.467. The van der Waals surface area contributed by atoms with Crippen LogP contribution in [0.3, 0.4) is 0 Å². The van der Waals surface area contributed by atoms with Gasteiger partial charge in [-0.15, -0.1) is 0 Å². The average molecular weight is 359 g/mol. The summed E-state index contributed by atoms with van der Waals surface area (Å²) in [7, 11) is 0. The maximum atomic E-state index is 11.9. The first-order chi connectivity index (χ1) is 10.9. The van der Waals surface area contributed by atoms with Gasteiger partial charge in [0.25, 0.3) is 5.56 Å². The summed E-state index contributed by atoms with van der Waals surface area (Å²) < 4.78 is 7.02. The van der Waals surface area contributed by atoms with E-state index >= 15 is 0 Å². The van der Waals surface area contributed by atoms with Crippen LogP contribution in [0.15, 0.2) is 17.1 Å². The van der Waals surface area contributed by atoms with E-state index in [1.807, 2.05) is 0 Å². The fraction of sp³-hybridized carbons (Fsp3) is 0.385. The first-order valence-electron chi connectivity index (χ1n) is 6.54. The zero-order valence-corrected chi connectivity index (χ0v) is 13.0. The van der Waals surface area contributed by atoms with E-state index in [9.17, 15) is 15.0 Å². The molecule has 3 rings (SSSR count). The van der Waals surface area contributed by atoms with Gasteiger partial charge in [0, 0.05) is 11.6 Å². The molecule has 2 aromatic rings. The van der Waals surface area contributed by atoms with Crippen LogP contribution in [0.25, 0.3) is 11.0 Å². The maximum Gasteiger partial charge on any atom is 0.261 e. The van der Waals surface area contributed by atoms with Crippen LogP contribution in [0.2, 0.25) is 0 Å². The number of fused-ring (bicyclic) bond motifs is 1. The lowest BCUT2D eigenvalue weighted by Gasteiger charge is -2.25. The molecule has 0 aromatic carbocycles. The van der Waals surface area contributed by atoms with Gasteiger partial charge in [0.05, 0.1) is 12.0 Å². The highest BCUT2D eigenvalue weighted by atomic mass is 35.5. The van der Waals surface area contributed by atoms with Crippen molar-refractivity contribution in [1.82, 2.24) is 14.5 Å². The van der Waals surface area contributed by atoms with E-state index in [1.165, 1.54) is 16.8 Å². The lowest BCUT2D eigenvalue weighted by Crippen LogP contribution is -2.41. The second kappa shape index (κ2) is 5.70. The number of rotatable bonds is 2. The van der Waals surface area contributed by atoms with Crippen LogP contribution in [0.1, 0.15) is 6.23 Å². The summed E-state index contributed by atoms with van der Waals surface area (Å²) in [5.74, 6) is 2.42. The molecule has 0 spiro atoms. The monoisotopic (exact) mass is 358 g/mol. The highest BCUT2D eigenvalue weighted by Crippen LogP contribution is 2.44. The summed E-state index contributed by atoms with van der Waals surface area (Å²) in [4.78, 5) is 16.7. The van der Waals surface area contributed by atoms with Crippen LogP contribution in [-0.4, -0.2) is 48.4 Å². The van der Waals surface area contributed by atoms with E-state index in [0.717, 1.165) is 0 Å². The summed E-state index contributed by atoms with van der Waals surface area (Å²) in [6.07, 6.45) is -1.79. The van der Waals surface area contributed by atoms with Gasteiger partial charge in [0.1, 0.15) is 12.2 Å². The van der Waals surface area contributed by atoms with Gasteiger partial charge in [-0.1, -0.05) is 17.5 Å². The molecule has 8 nitrogen and oxygen atoms in total. The third kappa shape index (κ3) is 2.38. The summed E-state index contributed by atoms with van der Waals surface area (Å²) in [5.41, 5.74) is 5.35. The fourth-order valence-corrected chi connectivity index (χ4v) is 3.17. The minimum Gasteiger partial charge on any atom is -0.394 e. The molecule has 1 saturated heterocycles. The predicted molar refractivity (Wildman–Crippen MR) is 84.0 cm³/mol. The molecule has 23 heavy (non-hydrogen) atoms. The van der Waals surface area contributed by atoms with Crippen molar-refractivity contribution in [3.8, 4) is 11.3 Å². The number of aromatic amines is 1. The molecule has 2 unspecified atom stereocenters. The molecule has 2 aromatic heterocycles. The van der Waals surface area contributed by atoms with Gasteiger partial charge >= 0.3 is 0 Å². The second-order valence-electron chi connectivity index (χ2n) is 5.05. The van der Waals surface area contributed by atoms with Gasteiger partial charge in [-0.25, -0.2) is 0 Å². The number of aliphatic hydroxyl groups excluding tert-OH is 2. The Morgan fingerprint density at radius 1 is 1.61 bits per heavy atom. The molecular formula is C13H12Cl2N4O4. The van der Waals surface area contributed by atoms with E-state index in [4.69, 9.17) is 33.7 Å². The molecular weight excluding hydrogens is 347 g/mol. The van der Waals surface area contributed by atoms with Crippen molar-refractivity contribution in [2.45, 2.75) is 23.3 Å². The Bertz CT molecular complexity index is 870. The van der Waals surface area contributed by atoms with Crippen LogP contribution < -0.4 is 11.3 Å². The Labute approximate surface area is 139 Å². The molecule has 1 fully saturated rings. The van der Waals surface area contributed by atoms with Crippen molar-refractivity contribution in [1.29, 1.82) is 0 Å². The number of nitrogens with one attached hydrogen (secondary N) is 1. The normalized spacial score (nSPS) is 30.3.